The number of hydrogen-bond donors (Lipinski definition) is 0. The lowest BCUT2D eigenvalue weighted by atomic mass is 10.0. The van der Waals surface area contributed by atoms with Crippen molar-refractivity contribution in [2.45, 2.75) is 399 Å². The van der Waals surface area contributed by atoms with Gasteiger partial charge in [0.2, 0.25) is 0 Å². The molecule has 0 amide bonds. The summed E-state index contributed by atoms with van der Waals surface area (Å²) in [6.45, 7) is 6.72. The van der Waals surface area contributed by atoms with E-state index in [0.717, 1.165) is 57.8 Å². The highest BCUT2D eigenvalue weighted by atomic mass is 16.6. The minimum Gasteiger partial charge on any atom is -0.462 e. The summed E-state index contributed by atoms with van der Waals surface area (Å²) >= 11 is 0. The van der Waals surface area contributed by atoms with Crippen molar-refractivity contribution in [3.63, 3.8) is 0 Å². The fraction of sp³-hybridized carbons (Fsp3) is 0.901. The molecule has 0 bridgehead atoms. The van der Waals surface area contributed by atoms with Crippen molar-refractivity contribution in [3.8, 4) is 0 Å². The zero-order valence-corrected chi connectivity index (χ0v) is 52.3. The molecule has 0 N–H and O–H groups in total. The van der Waals surface area contributed by atoms with Gasteiger partial charge in [0.05, 0.1) is 0 Å². The molecule has 1 atom stereocenters. The number of carbonyl (C=O) groups excluding carboxylic acids is 3. The Kier molecular flexibility index (Phi) is 64.6. The van der Waals surface area contributed by atoms with E-state index in [0.29, 0.717) is 19.3 Å². The van der Waals surface area contributed by atoms with Gasteiger partial charge < -0.3 is 14.2 Å². The Balaban J connectivity index is 4.30. The lowest BCUT2D eigenvalue weighted by molar-refractivity contribution is -0.167. The summed E-state index contributed by atoms with van der Waals surface area (Å²) in [4.78, 5) is 38.4. The summed E-state index contributed by atoms with van der Waals surface area (Å²) in [5.41, 5.74) is 0. The Morgan fingerprint density at radius 1 is 0.247 bits per heavy atom. The van der Waals surface area contributed by atoms with Crippen LogP contribution in [0.5, 0.6) is 0 Å². The third-order valence-corrected chi connectivity index (χ3v) is 15.9. The maximum Gasteiger partial charge on any atom is 0.306 e. The molecule has 0 aliphatic carbocycles. The summed E-state index contributed by atoms with van der Waals surface area (Å²) in [6, 6.07) is 0. The summed E-state index contributed by atoms with van der Waals surface area (Å²) < 4.78 is 17.0. The van der Waals surface area contributed by atoms with Gasteiger partial charge in [-0.1, -0.05) is 328 Å². The molecule has 0 aromatic heterocycles. The molecule has 6 nitrogen and oxygen atoms in total. The molecule has 6 heteroatoms. The average Bonchev–Trinajstić information content (AvgIpc) is 3.43. The van der Waals surface area contributed by atoms with Crippen molar-refractivity contribution in [1.82, 2.24) is 0 Å². The Morgan fingerprint density at radius 2 is 0.429 bits per heavy atom. The number of ether oxygens (including phenoxy) is 3. The molecule has 0 aliphatic rings. The molecule has 0 radical (unpaired) electrons. The zero-order valence-electron chi connectivity index (χ0n) is 52.3. The van der Waals surface area contributed by atoms with E-state index in [1.54, 1.807) is 0 Å². The van der Waals surface area contributed by atoms with E-state index in [4.69, 9.17) is 14.2 Å². The summed E-state index contributed by atoms with van der Waals surface area (Å²) in [7, 11) is 0. The van der Waals surface area contributed by atoms with Crippen molar-refractivity contribution in [2.24, 2.45) is 0 Å². The number of esters is 3. The van der Waals surface area contributed by atoms with Crippen molar-refractivity contribution in [1.29, 1.82) is 0 Å². The van der Waals surface area contributed by atoms with Crippen molar-refractivity contribution in [2.75, 3.05) is 13.2 Å². The monoisotopic (exact) mass is 1080 g/mol. The van der Waals surface area contributed by atoms with Gasteiger partial charge in [0, 0.05) is 19.3 Å². The maximum absolute atomic E-state index is 13.0. The van der Waals surface area contributed by atoms with Crippen LogP contribution in [0.2, 0.25) is 0 Å². The Morgan fingerprint density at radius 3 is 0.649 bits per heavy atom. The summed E-state index contributed by atoms with van der Waals surface area (Å²) in [5.74, 6) is -0.835. The first kappa shape index (κ1) is 74.9. The quantitative estimate of drug-likeness (QED) is 0.0261. The van der Waals surface area contributed by atoms with E-state index < -0.39 is 6.10 Å². The van der Waals surface area contributed by atoms with Crippen LogP contribution in [-0.2, 0) is 28.6 Å². The smallest absolute Gasteiger partial charge is 0.306 e. The molecular formula is C71H134O6. The van der Waals surface area contributed by atoms with Gasteiger partial charge in [-0.2, -0.15) is 0 Å². The fourth-order valence-corrected chi connectivity index (χ4v) is 10.7. The van der Waals surface area contributed by atoms with Gasteiger partial charge in [-0.15, -0.1) is 0 Å². The van der Waals surface area contributed by atoms with Gasteiger partial charge in [-0.3, -0.25) is 14.4 Å². The van der Waals surface area contributed by atoms with Gasteiger partial charge in [-0.05, 0) is 70.6 Å². The highest BCUT2D eigenvalue weighted by Gasteiger charge is 2.19. The van der Waals surface area contributed by atoms with E-state index in [1.807, 2.05) is 0 Å². The maximum atomic E-state index is 13.0. The molecular weight excluding hydrogens is 949 g/mol. The number of allylic oxidation sites excluding steroid dienone is 4. The van der Waals surface area contributed by atoms with Crippen LogP contribution in [0.4, 0.5) is 0 Å². The molecule has 0 unspecified atom stereocenters. The van der Waals surface area contributed by atoms with E-state index in [1.165, 1.54) is 295 Å². The summed E-state index contributed by atoms with van der Waals surface area (Å²) in [6.07, 6.45) is 80.5. The molecule has 0 saturated carbocycles. The highest BCUT2D eigenvalue weighted by molar-refractivity contribution is 5.71. The van der Waals surface area contributed by atoms with Gasteiger partial charge in [0.1, 0.15) is 13.2 Å². The standard InChI is InChI=1S/C71H134O6/c1-4-7-10-13-16-19-22-25-28-31-33-35-37-40-43-46-49-52-55-58-61-64-70(73)76-67-68(66-75-69(72)63-60-57-54-51-48-45-42-39-30-27-24-21-18-15-12-9-6-3)77-71(74)65-62-59-56-53-50-47-44-41-38-36-34-32-29-26-23-20-17-14-11-8-5-2/h25-26,28-29,68H,4-24,27,30-67H2,1-3H3/b28-25-,29-26-/t68-/m0/s1. The van der Waals surface area contributed by atoms with Crippen LogP contribution in [0.1, 0.15) is 393 Å². The average molecular weight is 1080 g/mol. The Bertz CT molecular complexity index is 1240. The van der Waals surface area contributed by atoms with Crippen molar-refractivity contribution < 1.29 is 28.6 Å². The van der Waals surface area contributed by atoms with Crippen LogP contribution >= 0.6 is 0 Å². The van der Waals surface area contributed by atoms with Crippen LogP contribution in [0.15, 0.2) is 24.3 Å². The summed E-state index contributed by atoms with van der Waals surface area (Å²) in [5, 5.41) is 0. The Hall–Kier alpha value is -2.11. The van der Waals surface area contributed by atoms with Crippen LogP contribution in [0.25, 0.3) is 0 Å². The second-order valence-electron chi connectivity index (χ2n) is 23.8. The second-order valence-corrected chi connectivity index (χ2v) is 23.8. The molecule has 0 fully saturated rings. The molecule has 0 aromatic carbocycles. The van der Waals surface area contributed by atoms with Crippen molar-refractivity contribution in [3.05, 3.63) is 24.3 Å². The first-order valence-corrected chi connectivity index (χ1v) is 34.8. The molecule has 77 heavy (non-hydrogen) atoms. The normalized spacial score (nSPS) is 12.1. The predicted molar refractivity (Wildman–Crippen MR) is 335 cm³/mol. The minimum absolute atomic E-state index is 0.0656. The molecule has 454 valence electrons. The number of carbonyl (C=O) groups is 3. The third kappa shape index (κ3) is 64.6. The highest BCUT2D eigenvalue weighted by Crippen LogP contribution is 2.18. The number of rotatable bonds is 65. The third-order valence-electron chi connectivity index (χ3n) is 15.9. The minimum atomic E-state index is -0.770. The predicted octanol–water partition coefficient (Wildman–Crippen LogP) is 23.8. The number of hydrogen-bond acceptors (Lipinski definition) is 6. The Labute approximate surface area is 481 Å². The first-order valence-electron chi connectivity index (χ1n) is 34.8. The lowest BCUT2D eigenvalue weighted by Crippen LogP contribution is -2.30. The molecule has 0 rings (SSSR count). The zero-order chi connectivity index (χ0) is 55.7. The first-order chi connectivity index (χ1) is 38.0. The molecule has 0 heterocycles. The molecule has 0 aliphatic heterocycles. The second kappa shape index (κ2) is 66.4. The SMILES string of the molecule is CCCCCCCC/C=C\CCCCCCCCCCCCCC(=O)OC[C@H](COC(=O)CCCCCCCCCCCCCCCCCCC)OC(=O)CCCCCCCCCCCCC/C=C\CCCCCCCC. The lowest BCUT2D eigenvalue weighted by Gasteiger charge is -2.18. The van der Waals surface area contributed by atoms with Crippen LogP contribution < -0.4 is 0 Å². The molecule has 0 spiro atoms. The van der Waals surface area contributed by atoms with Gasteiger partial charge in [0.15, 0.2) is 6.10 Å². The number of unbranched alkanes of at least 4 members (excludes halogenated alkanes) is 50. The van der Waals surface area contributed by atoms with Crippen molar-refractivity contribution >= 4 is 17.9 Å². The van der Waals surface area contributed by atoms with Gasteiger partial charge in [-0.25, -0.2) is 0 Å². The van der Waals surface area contributed by atoms with Crippen LogP contribution in [0.3, 0.4) is 0 Å². The van der Waals surface area contributed by atoms with E-state index >= 15 is 0 Å². The molecule has 0 aromatic rings. The fourth-order valence-electron chi connectivity index (χ4n) is 10.7. The van der Waals surface area contributed by atoms with Crippen LogP contribution in [0, 0.1) is 0 Å². The molecule has 0 saturated heterocycles. The van der Waals surface area contributed by atoms with Gasteiger partial charge in [0.25, 0.3) is 0 Å². The van der Waals surface area contributed by atoms with E-state index in [-0.39, 0.29) is 31.1 Å². The van der Waals surface area contributed by atoms with Gasteiger partial charge >= 0.3 is 17.9 Å². The van der Waals surface area contributed by atoms with E-state index in [2.05, 4.69) is 45.1 Å². The van der Waals surface area contributed by atoms with Crippen LogP contribution in [-0.4, -0.2) is 37.2 Å². The largest absolute Gasteiger partial charge is 0.462 e. The topological polar surface area (TPSA) is 78.9 Å². The van der Waals surface area contributed by atoms with E-state index in [9.17, 15) is 14.4 Å².